The van der Waals surface area contributed by atoms with E-state index in [4.69, 9.17) is 5.11 Å². The molecule has 0 radical (unpaired) electrons. The van der Waals surface area contributed by atoms with Crippen molar-refractivity contribution in [3.05, 3.63) is 0 Å². The lowest BCUT2D eigenvalue weighted by Crippen LogP contribution is -2.45. The van der Waals surface area contributed by atoms with E-state index in [1.54, 1.807) is 0 Å². The normalized spacial score (nSPS) is 14.7. The number of thiol groups is 2. The Hall–Kier alpha value is -0.360. The van der Waals surface area contributed by atoms with Gasteiger partial charge >= 0.3 is 11.9 Å². The summed E-state index contributed by atoms with van der Waals surface area (Å²) in [7, 11) is 0. The van der Waals surface area contributed by atoms with E-state index in [9.17, 15) is 14.7 Å². The molecule has 0 aliphatic carbocycles. The molecule has 0 heterocycles. The Kier molecular flexibility index (Phi) is 15.5. The average molecular weight is 407 g/mol. The molecule has 2 N–H and O–H groups in total. The standard InChI is InChI=1S/C20H38O4S2/c1-2-3-4-5-6-7-8-9-10-11-12-13-14-15-16-20(26,19(23)24)17(25)18(21)22/h17,25-26H,2-16H2,1H3,(H,21,22)(H,23,24). The van der Waals surface area contributed by atoms with E-state index in [2.05, 4.69) is 32.2 Å². The van der Waals surface area contributed by atoms with Gasteiger partial charge in [0.25, 0.3) is 0 Å². The highest BCUT2D eigenvalue weighted by molar-refractivity contribution is 7.87. The van der Waals surface area contributed by atoms with Gasteiger partial charge < -0.3 is 10.2 Å². The van der Waals surface area contributed by atoms with Crippen molar-refractivity contribution in [1.29, 1.82) is 0 Å². The maximum absolute atomic E-state index is 11.3. The first-order valence-electron chi connectivity index (χ1n) is 10.2. The molecule has 6 heteroatoms. The van der Waals surface area contributed by atoms with Crippen LogP contribution in [0.1, 0.15) is 103 Å². The summed E-state index contributed by atoms with van der Waals surface area (Å²) in [6.07, 6.45) is 17.3. The van der Waals surface area contributed by atoms with Gasteiger partial charge in [-0.05, 0) is 6.42 Å². The van der Waals surface area contributed by atoms with E-state index in [0.717, 1.165) is 19.3 Å². The molecule has 2 atom stereocenters. The van der Waals surface area contributed by atoms with Crippen molar-refractivity contribution in [1.82, 2.24) is 0 Å². The number of rotatable bonds is 18. The predicted molar refractivity (Wildman–Crippen MR) is 115 cm³/mol. The molecule has 2 unspecified atom stereocenters. The highest BCUT2D eigenvalue weighted by Crippen LogP contribution is 2.31. The Bertz CT molecular complexity index is 390. The quantitative estimate of drug-likeness (QED) is 0.166. The highest BCUT2D eigenvalue weighted by Gasteiger charge is 2.44. The number of carbonyl (C=O) groups is 2. The van der Waals surface area contributed by atoms with Gasteiger partial charge in [0.1, 0.15) is 10.00 Å². The zero-order valence-electron chi connectivity index (χ0n) is 16.3. The number of carboxylic acid groups (broad SMARTS) is 2. The Morgan fingerprint density at radius 1 is 0.769 bits per heavy atom. The molecule has 26 heavy (non-hydrogen) atoms. The van der Waals surface area contributed by atoms with Gasteiger partial charge in [0, 0.05) is 0 Å². The van der Waals surface area contributed by atoms with Crippen LogP contribution in [0.15, 0.2) is 0 Å². The van der Waals surface area contributed by atoms with Crippen molar-refractivity contribution in [3.8, 4) is 0 Å². The van der Waals surface area contributed by atoms with E-state index in [1.807, 2.05) is 0 Å². The minimum absolute atomic E-state index is 0.226. The van der Waals surface area contributed by atoms with Crippen molar-refractivity contribution in [2.45, 2.75) is 113 Å². The average Bonchev–Trinajstić information content (AvgIpc) is 2.60. The molecule has 0 aliphatic heterocycles. The fraction of sp³-hybridized carbons (Fsp3) is 0.900. The smallest absolute Gasteiger partial charge is 0.321 e. The SMILES string of the molecule is CCCCCCCCCCCCCCCCC(S)(C(=O)O)C(S)C(=O)O. The van der Waals surface area contributed by atoms with Gasteiger partial charge in [0.2, 0.25) is 0 Å². The molecule has 0 saturated carbocycles. The number of hydrogen-bond donors (Lipinski definition) is 4. The van der Waals surface area contributed by atoms with Crippen LogP contribution in [0.2, 0.25) is 0 Å². The van der Waals surface area contributed by atoms with Crippen molar-refractivity contribution >= 4 is 37.2 Å². The van der Waals surface area contributed by atoms with E-state index < -0.39 is 21.9 Å². The van der Waals surface area contributed by atoms with Gasteiger partial charge in [-0.3, -0.25) is 9.59 Å². The fourth-order valence-electron chi connectivity index (χ4n) is 3.15. The molecule has 0 amide bonds. The van der Waals surface area contributed by atoms with Gasteiger partial charge in [-0.1, -0.05) is 96.8 Å². The molecular weight excluding hydrogens is 368 g/mol. The third-order valence-corrected chi connectivity index (χ3v) is 6.51. The van der Waals surface area contributed by atoms with Crippen LogP contribution in [0.3, 0.4) is 0 Å². The van der Waals surface area contributed by atoms with Gasteiger partial charge in [-0.25, -0.2) is 0 Å². The molecule has 0 rings (SSSR count). The predicted octanol–water partition coefficient (Wildman–Crippen LogP) is 5.99. The second-order valence-electron chi connectivity index (χ2n) is 7.32. The van der Waals surface area contributed by atoms with Crippen LogP contribution in [-0.2, 0) is 9.59 Å². The first-order chi connectivity index (χ1) is 12.4. The summed E-state index contributed by atoms with van der Waals surface area (Å²) >= 11 is 8.02. The monoisotopic (exact) mass is 406 g/mol. The lowest BCUT2D eigenvalue weighted by Gasteiger charge is -2.26. The topological polar surface area (TPSA) is 74.6 Å². The summed E-state index contributed by atoms with van der Waals surface area (Å²) in [5, 5.41) is 17.0. The van der Waals surface area contributed by atoms with E-state index in [0.29, 0.717) is 6.42 Å². The Labute approximate surface area is 170 Å². The summed E-state index contributed by atoms with van der Waals surface area (Å²) in [4.78, 5) is 22.4. The summed E-state index contributed by atoms with van der Waals surface area (Å²) in [6.45, 7) is 2.24. The minimum atomic E-state index is -1.61. The zero-order valence-corrected chi connectivity index (χ0v) is 18.1. The van der Waals surface area contributed by atoms with Crippen LogP contribution in [0, 0.1) is 0 Å². The molecule has 4 nitrogen and oxygen atoms in total. The molecule has 154 valence electrons. The van der Waals surface area contributed by atoms with Gasteiger partial charge in [-0.15, -0.1) is 0 Å². The van der Waals surface area contributed by atoms with E-state index in [1.165, 1.54) is 64.2 Å². The van der Waals surface area contributed by atoms with Crippen molar-refractivity contribution in [2.24, 2.45) is 0 Å². The molecule has 0 bridgehead atoms. The maximum Gasteiger partial charge on any atom is 0.321 e. The lowest BCUT2D eigenvalue weighted by molar-refractivity contribution is -0.145. The molecule has 0 aromatic carbocycles. The van der Waals surface area contributed by atoms with E-state index >= 15 is 0 Å². The molecule has 0 fully saturated rings. The van der Waals surface area contributed by atoms with Crippen LogP contribution in [0.4, 0.5) is 0 Å². The Morgan fingerprint density at radius 3 is 1.42 bits per heavy atom. The first kappa shape index (κ1) is 25.6. The molecular formula is C20H38O4S2. The summed E-state index contributed by atoms with van der Waals surface area (Å²) in [6, 6.07) is 0. The van der Waals surface area contributed by atoms with Crippen LogP contribution in [0.5, 0.6) is 0 Å². The molecule has 0 aromatic rings. The maximum atomic E-state index is 11.3. The lowest BCUT2D eigenvalue weighted by atomic mass is 9.95. The van der Waals surface area contributed by atoms with Gasteiger partial charge in [0.05, 0.1) is 0 Å². The number of unbranched alkanes of at least 4 members (excludes halogenated alkanes) is 13. The van der Waals surface area contributed by atoms with Crippen molar-refractivity contribution < 1.29 is 19.8 Å². The van der Waals surface area contributed by atoms with Crippen molar-refractivity contribution in [2.75, 3.05) is 0 Å². The highest BCUT2D eigenvalue weighted by atomic mass is 32.1. The number of aliphatic carboxylic acids is 2. The Morgan fingerprint density at radius 2 is 1.12 bits per heavy atom. The summed E-state index contributed by atoms with van der Waals surface area (Å²) in [5.41, 5.74) is 0. The van der Waals surface area contributed by atoms with Crippen molar-refractivity contribution in [3.63, 3.8) is 0 Å². The Balaban J connectivity index is 3.60. The van der Waals surface area contributed by atoms with E-state index in [-0.39, 0.29) is 6.42 Å². The summed E-state index contributed by atoms with van der Waals surface area (Å²) < 4.78 is -1.61. The van der Waals surface area contributed by atoms with Gasteiger partial charge in [-0.2, -0.15) is 25.3 Å². The molecule has 0 spiro atoms. The van der Waals surface area contributed by atoms with Crippen LogP contribution in [0.25, 0.3) is 0 Å². The third-order valence-electron chi connectivity index (χ3n) is 4.97. The molecule has 0 saturated heterocycles. The van der Waals surface area contributed by atoms with Crippen LogP contribution >= 0.6 is 25.3 Å². The largest absolute Gasteiger partial charge is 0.480 e. The summed E-state index contributed by atoms with van der Waals surface area (Å²) in [5.74, 6) is -2.45. The van der Waals surface area contributed by atoms with Crippen LogP contribution in [-0.4, -0.2) is 32.1 Å². The van der Waals surface area contributed by atoms with Crippen LogP contribution < -0.4 is 0 Å². The fourth-order valence-corrected chi connectivity index (χ4v) is 3.66. The number of carboxylic acids is 2. The zero-order chi connectivity index (χ0) is 19.8. The molecule has 0 aromatic heterocycles. The molecule has 0 aliphatic rings. The van der Waals surface area contributed by atoms with Gasteiger partial charge in [0.15, 0.2) is 0 Å². The minimum Gasteiger partial charge on any atom is -0.480 e. The second kappa shape index (κ2) is 15.7. The second-order valence-corrected chi connectivity index (χ2v) is 8.63. The third kappa shape index (κ3) is 11.4. The first-order valence-corrected chi connectivity index (χ1v) is 11.2. The number of hydrogen-bond acceptors (Lipinski definition) is 4.